The molecule has 1 aromatic carbocycles. The fourth-order valence-electron chi connectivity index (χ4n) is 3.56. The summed E-state index contributed by atoms with van der Waals surface area (Å²) >= 11 is 0. The number of nitrogens with zero attached hydrogens (tertiary/aromatic N) is 2. The van der Waals surface area contributed by atoms with Crippen LogP contribution >= 0.6 is 0 Å². The number of hydrogen-bond donors (Lipinski definition) is 1. The number of amides is 1. The van der Waals surface area contributed by atoms with E-state index in [-0.39, 0.29) is 18.4 Å². The molecular weight excluding hydrogens is 354 g/mol. The molecule has 0 atom stereocenters. The molecular formula is C22H25N3O3. The Morgan fingerprint density at radius 3 is 2.75 bits per heavy atom. The Balaban J connectivity index is 1.78. The minimum atomic E-state index is -0.332. The Kier molecular flexibility index (Phi) is 6.15. The third kappa shape index (κ3) is 4.25. The lowest BCUT2D eigenvalue weighted by Crippen LogP contribution is -2.21. The molecule has 6 nitrogen and oxygen atoms in total. The minimum absolute atomic E-state index is 0.223. The van der Waals surface area contributed by atoms with Crippen molar-refractivity contribution in [3.05, 3.63) is 46.6 Å². The molecule has 1 aromatic heterocycles. The van der Waals surface area contributed by atoms with Crippen LogP contribution in [0.2, 0.25) is 0 Å². The summed E-state index contributed by atoms with van der Waals surface area (Å²) in [5, 5.41) is 12.4. The molecule has 3 rings (SSSR count). The first-order valence-corrected chi connectivity index (χ1v) is 9.53. The first kappa shape index (κ1) is 19.7. The fraction of sp³-hybridized carbons (Fsp3) is 0.409. The van der Waals surface area contributed by atoms with Crippen molar-refractivity contribution in [2.24, 2.45) is 5.92 Å². The van der Waals surface area contributed by atoms with Crippen LogP contribution in [0.3, 0.4) is 0 Å². The van der Waals surface area contributed by atoms with Gasteiger partial charge in [0.2, 0.25) is 5.88 Å². The zero-order chi connectivity index (χ0) is 20.1. The number of pyridine rings is 1. The van der Waals surface area contributed by atoms with Gasteiger partial charge in [-0.05, 0) is 54.9 Å². The Bertz CT molecular complexity index is 916. The van der Waals surface area contributed by atoms with Crippen molar-refractivity contribution in [1.29, 1.82) is 5.26 Å². The number of methoxy groups -OCH3 is 1. The molecule has 1 heterocycles. The molecule has 0 spiro atoms. The smallest absolute Gasteiger partial charge is 0.262 e. The lowest BCUT2D eigenvalue weighted by molar-refractivity contribution is -0.118. The van der Waals surface area contributed by atoms with Gasteiger partial charge in [-0.25, -0.2) is 4.98 Å². The zero-order valence-electron chi connectivity index (χ0n) is 16.5. The number of hydrogen-bond acceptors (Lipinski definition) is 5. The predicted octanol–water partition coefficient (Wildman–Crippen LogP) is 3.67. The van der Waals surface area contributed by atoms with Crippen LogP contribution in [0.1, 0.15) is 42.7 Å². The lowest BCUT2D eigenvalue weighted by Gasteiger charge is -2.15. The van der Waals surface area contributed by atoms with Crippen LogP contribution < -0.4 is 14.8 Å². The van der Waals surface area contributed by atoms with Crippen LogP contribution in [0.15, 0.2) is 24.3 Å². The molecule has 1 aliphatic rings. The highest BCUT2D eigenvalue weighted by molar-refractivity contribution is 5.93. The van der Waals surface area contributed by atoms with Crippen LogP contribution in [0.25, 0.3) is 0 Å². The quantitative estimate of drug-likeness (QED) is 0.793. The standard InChI is InChI=1S/C22H25N3O3/c1-14(2)11-19-16-8-6-7-15(16)17(12-23)22(25-19)28-13-21(26)24-18-9-4-5-10-20(18)27-3/h4-5,9-10,14H,6-8,11,13H2,1-3H3,(H,24,26). The number of fused-ring (bicyclic) bond motifs is 1. The Morgan fingerprint density at radius 1 is 1.29 bits per heavy atom. The van der Waals surface area contributed by atoms with Gasteiger partial charge in [0, 0.05) is 5.69 Å². The molecule has 1 N–H and O–H groups in total. The summed E-state index contributed by atoms with van der Waals surface area (Å²) in [6.45, 7) is 4.06. The van der Waals surface area contributed by atoms with E-state index in [1.807, 2.05) is 12.1 Å². The second kappa shape index (κ2) is 8.75. The summed E-state index contributed by atoms with van der Waals surface area (Å²) in [6.07, 6.45) is 3.66. The summed E-state index contributed by atoms with van der Waals surface area (Å²) in [7, 11) is 1.55. The number of nitriles is 1. The molecule has 28 heavy (non-hydrogen) atoms. The molecule has 0 radical (unpaired) electrons. The molecule has 0 aliphatic heterocycles. The number of carbonyl (C=O) groups excluding carboxylic acids is 1. The number of benzene rings is 1. The van der Waals surface area contributed by atoms with Gasteiger partial charge in [0.1, 0.15) is 17.4 Å². The normalized spacial score (nSPS) is 12.4. The average molecular weight is 379 g/mol. The third-order valence-electron chi connectivity index (χ3n) is 4.75. The SMILES string of the molecule is COc1ccccc1NC(=O)COc1nc(CC(C)C)c2c(c1C#N)CCC2. The summed E-state index contributed by atoms with van der Waals surface area (Å²) < 4.78 is 10.9. The van der Waals surface area contributed by atoms with E-state index >= 15 is 0 Å². The second-order valence-corrected chi connectivity index (χ2v) is 7.30. The van der Waals surface area contributed by atoms with Crippen LogP contribution in [0, 0.1) is 17.2 Å². The van der Waals surface area contributed by atoms with Crippen molar-refractivity contribution < 1.29 is 14.3 Å². The zero-order valence-corrected chi connectivity index (χ0v) is 16.5. The van der Waals surface area contributed by atoms with Gasteiger partial charge in [0.05, 0.1) is 12.8 Å². The molecule has 2 aromatic rings. The van der Waals surface area contributed by atoms with E-state index in [1.54, 1.807) is 19.2 Å². The van der Waals surface area contributed by atoms with Gasteiger partial charge in [0.25, 0.3) is 5.91 Å². The highest BCUT2D eigenvalue weighted by Gasteiger charge is 2.25. The molecule has 1 aliphatic carbocycles. The molecule has 0 saturated carbocycles. The number of anilines is 1. The highest BCUT2D eigenvalue weighted by atomic mass is 16.5. The largest absolute Gasteiger partial charge is 0.495 e. The Morgan fingerprint density at radius 2 is 2.04 bits per heavy atom. The lowest BCUT2D eigenvalue weighted by atomic mass is 9.98. The summed E-state index contributed by atoms with van der Waals surface area (Å²) in [5.74, 6) is 0.949. The maximum absolute atomic E-state index is 12.3. The molecule has 0 bridgehead atoms. The topological polar surface area (TPSA) is 84.2 Å². The van der Waals surface area contributed by atoms with E-state index in [9.17, 15) is 10.1 Å². The van der Waals surface area contributed by atoms with E-state index in [4.69, 9.17) is 9.47 Å². The van der Waals surface area contributed by atoms with E-state index in [0.29, 0.717) is 22.9 Å². The Labute approximate surface area is 165 Å². The molecule has 1 amide bonds. The number of nitrogens with one attached hydrogen (secondary N) is 1. The molecule has 0 unspecified atom stereocenters. The first-order chi connectivity index (χ1) is 13.5. The Hall–Kier alpha value is -3.07. The summed E-state index contributed by atoms with van der Waals surface area (Å²) in [6, 6.07) is 9.39. The average Bonchev–Trinajstić information content (AvgIpc) is 3.16. The number of carbonyl (C=O) groups is 1. The van der Waals surface area contributed by atoms with Crippen LogP contribution in [-0.4, -0.2) is 24.6 Å². The maximum atomic E-state index is 12.3. The molecule has 0 saturated heterocycles. The number of aromatic nitrogens is 1. The van der Waals surface area contributed by atoms with E-state index in [0.717, 1.165) is 36.9 Å². The van der Waals surface area contributed by atoms with E-state index < -0.39 is 0 Å². The van der Waals surface area contributed by atoms with Gasteiger partial charge in [0.15, 0.2) is 6.61 Å². The van der Waals surface area contributed by atoms with Crippen molar-refractivity contribution in [2.75, 3.05) is 19.0 Å². The molecule has 146 valence electrons. The molecule has 6 heteroatoms. The summed E-state index contributed by atoms with van der Waals surface area (Å²) in [4.78, 5) is 17.0. The van der Waals surface area contributed by atoms with Crippen LogP contribution in [-0.2, 0) is 24.1 Å². The number of para-hydroxylation sites is 2. The third-order valence-corrected chi connectivity index (χ3v) is 4.75. The van der Waals surface area contributed by atoms with Crippen molar-refractivity contribution in [1.82, 2.24) is 4.98 Å². The van der Waals surface area contributed by atoms with Crippen molar-refractivity contribution in [3.63, 3.8) is 0 Å². The van der Waals surface area contributed by atoms with Crippen LogP contribution in [0.5, 0.6) is 11.6 Å². The van der Waals surface area contributed by atoms with Gasteiger partial charge in [-0.2, -0.15) is 5.26 Å². The second-order valence-electron chi connectivity index (χ2n) is 7.30. The van der Waals surface area contributed by atoms with Gasteiger partial charge in [-0.15, -0.1) is 0 Å². The van der Waals surface area contributed by atoms with Gasteiger partial charge >= 0.3 is 0 Å². The van der Waals surface area contributed by atoms with Crippen molar-refractivity contribution in [3.8, 4) is 17.7 Å². The minimum Gasteiger partial charge on any atom is -0.495 e. The highest BCUT2D eigenvalue weighted by Crippen LogP contribution is 2.33. The van der Waals surface area contributed by atoms with Crippen molar-refractivity contribution in [2.45, 2.75) is 39.5 Å². The fourth-order valence-corrected chi connectivity index (χ4v) is 3.56. The summed E-state index contributed by atoms with van der Waals surface area (Å²) in [5.41, 5.74) is 4.25. The van der Waals surface area contributed by atoms with Crippen LogP contribution in [0.4, 0.5) is 5.69 Å². The van der Waals surface area contributed by atoms with Gasteiger partial charge in [-0.1, -0.05) is 26.0 Å². The van der Waals surface area contributed by atoms with Gasteiger partial charge in [-0.3, -0.25) is 4.79 Å². The van der Waals surface area contributed by atoms with Crippen molar-refractivity contribution >= 4 is 11.6 Å². The number of ether oxygens (including phenoxy) is 2. The van der Waals surface area contributed by atoms with E-state index in [2.05, 4.69) is 30.2 Å². The monoisotopic (exact) mass is 379 g/mol. The maximum Gasteiger partial charge on any atom is 0.262 e. The van der Waals surface area contributed by atoms with Gasteiger partial charge < -0.3 is 14.8 Å². The molecule has 0 fully saturated rings. The first-order valence-electron chi connectivity index (χ1n) is 9.53. The predicted molar refractivity (Wildman–Crippen MR) is 107 cm³/mol. The van der Waals surface area contributed by atoms with E-state index in [1.165, 1.54) is 5.56 Å². The number of rotatable bonds is 7.